The van der Waals surface area contributed by atoms with E-state index in [1.807, 2.05) is 18.2 Å². The average molecular weight is 402 g/mol. The van der Waals surface area contributed by atoms with Crippen LogP contribution in [0.1, 0.15) is 64.4 Å². The third-order valence-electron chi connectivity index (χ3n) is 9.69. The summed E-state index contributed by atoms with van der Waals surface area (Å²) < 4.78 is 0. The molecule has 0 spiro atoms. The topological polar surface area (TPSA) is 86.7 Å². The third-order valence-corrected chi connectivity index (χ3v) is 9.69. The molecule has 0 aromatic heterocycles. The molecule has 1 aromatic rings. The molecule has 0 heterocycles. The highest BCUT2D eigenvalue weighted by atomic mass is 16.3. The Kier molecular flexibility index (Phi) is 5.61. The Labute approximate surface area is 175 Å². The molecule has 8 atom stereocenters. The summed E-state index contributed by atoms with van der Waals surface area (Å²) >= 11 is 0. The summed E-state index contributed by atoms with van der Waals surface area (Å²) in [7, 11) is 0. The van der Waals surface area contributed by atoms with Gasteiger partial charge < -0.3 is 21.1 Å². The molecule has 4 rings (SSSR count). The van der Waals surface area contributed by atoms with Crippen LogP contribution < -0.4 is 5.73 Å². The molecule has 3 aliphatic rings. The van der Waals surface area contributed by atoms with Crippen molar-refractivity contribution in [3.05, 3.63) is 35.9 Å². The fraction of sp³-hybridized carbons (Fsp3) is 0.760. The minimum atomic E-state index is -0.794. The largest absolute Gasteiger partial charge is 0.396 e. The molecule has 3 saturated carbocycles. The standard InChI is InChI=1S/C25H39NO3/c1-23(11-8-19(28)14-18(23)16-27)21-9-12-24(2)22(20(21)15-26)10-13-25(24,29)17-6-4-3-5-7-17/h3-7,18-22,27-29H,8-16,26H2,1-2H3/t18-,19+,20-,21+,22+,23-,24+,25-/m1/s1. The average Bonchev–Trinajstić information content (AvgIpc) is 3.01. The molecule has 5 N–H and O–H groups in total. The first-order valence-electron chi connectivity index (χ1n) is 11.6. The number of benzene rings is 1. The van der Waals surface area contributed by atoms with Gasteiger partial charge in [0, 0.05) is 12.0 Å². The normalized spacial score (nSPS) is 47.7. The Morgan fingerprint density at radius 2 is 1.69 bits per heavy atom. The Morgan fingerprint density at radius 1 is 1.00 bits per heavy atom. The molecular weight excluding hydrogens is 362 g/mol. The van der Waals surface area contributed by atoms with Gasteiger partial charge >= 0.3 is 0 Å². The highest BCUT2D eigenvalue weighted by molar-refractivity contribution is 5.29. The molecule has 4 heteroatoms. The summed E-state index contributed by atoms with van der Waals surface area (Å²) in [5.41, 5.74) is 6.50. The van der Waals surface area contributed by atoms with E-state index in [1.165, 1.54) is 0 Å². The summed E-state index contributed by atoms with van der Waals surface area (Å²) in [5.74, 6) is 1.30. The second-order valence-electron chi connectivity index (χ2n) is 10.6. The van der Waals surface area contributed by atoms with Crippen molar-refractivity contribution in [2.45, 2.75) is 70.5 Å². The van der Waals surface area contributed by atoms with Gasteiger partial charge in [0.1, 0.15) is 0 Å². The molecule has 0 unspecified atom stereocenters. The van der Waals surface area contributed by atoms with Crippen molar-refractivity contribution in [1.29, 1.82) is 0 Å². The molecule has 0 bridgehead atoms. The summed E-state index contributed by atoms with van der Waals surface area (Å²) in [6, 6.07) is 10.2. The van der Waals surface area contributed by atoms with Gasteiger partial charge in [0.15, 0.2) is 0 Å². The number of hydrogen-bond acceptors (Lipinski definition) is 4. The van der Waals surface area contributed by atoms with Crippen LogP contribution in [0.5, 0.6) is 0 Å². The van der Waals surface area contributed by atoms with Gasteiger partial charge in [-0.3, -0.25) is 0 Å². The molecule has 3 aliphatic carbocycles. The highest BCUT2D eigenvalue weighted by Crippen LogP contribution is 2.67. The van der Waals surface area contributed by atoms with Crippen molar-refractivity contribution in [2.24, 2.45) is 40.2 Å². The van der Waals surface area contributed by atoms with Crippen LogP contribution in [0.2, 0.25) is 0 Å². The summed E-state index contributed by atoms with van der Waals surface area (Å²) in [5, 5.41) is 32.2. The van der Waals surface area contributed by atoms with E-state index in [1.54, 1.807) is 0 Å². The van der Waals surface area contributed by atoms with E-state index in [0.29, 0.717) is 30.7 Å². The van der Waals surface area contributed by atoms with Crippen LogP contribution in [0.4, 0.5) is 0 Å². The predicted octanol–water partition coefficient (Wildman–Crippen LogP) is 3.44. The highest BCUT2D eigenvalue weighted by Gasteiger charge is 2.63. The van der Waals surface area contributed by atoms with E-state index in [9.17, 15) is 15.3 Å². The lowest BCUT2D eigenvalue weighted by Gasteiger charge is -2.58. The van der Waals surface area contributed by atoms with Crippen LogP contribution in [-0.4, -0.2) is 34.6 Å². The Hall–Kier alpha value is -0.940. The van der Waals surface area contributed by atoms with E-state index < -0.39 is 5.60 Å². The van der Waals surface area contributed by atoms with Crippen molar-refractivity contribution < 1.29 is 15.3 Å². The molecule has 1 aromatic carbocycles. The number of aliphatic hydroxyl groups is 3. The quantitative estimate of drug-likeness (QED) is 0.622. The van der Waals surface area contributed by atoms with Crippen molar-refractivity contribution in [3.63, 3.8) is 0 Å². The van der Waals surface area contributed by atoms with E-state index in [0.717, 1.165) is 44.1 Å². The zero-order valence-electron chi connectivity index (χ0n) is 18.1. The van der Waals surface area contributed by atoms with Crippen LogP contribution in [0, 0.1) is 34.5 Å². The van der Waals surface area contributed by atoms with Gasteiger partial charge in [-0.15, -0.1) is 0 Å². The van der Waals surface area contributed by atoms with Crippen molar-refractivity contribution in [3.8, 4) is 0 Å². The SMILES string of the molecule is C[C@@]1([C@H]2CC[C@@]3(C)[C@@H](CC[C@@]3(O)c3ccccc3)[C@@H]2CN)CC[C@H](O)C[C@@H]1CO. The first-order chi connectivity index (χ1) is 13.8. The maximum Gasteiger partial charge on any atom is 0.0952 e. The Bertz CT molecular complexity index is 711. The van der Waals surface area contributed by atoms with Crippen LogP contribution in [0.25, 0.3) is 0 Å². The van der Waals surface area contributed by atoms with Gasteiger partial charge in [0.25, 0.3) is 0 Å². The van der Waals surface area contributed by atoms with Crippen LogP contribution in [-0.2, 0) is 5.60 Å². The predicted molar refractivity (Wildman–Crippen MR) is 115 cm³/mol. The number of aliphatic hydroxyl groups excluding tert-OH is 2. The van der Waals surface area contributed by atoms with Crippen molar-refractivity contribution >= 4 is 0 Å². The van der Waals surface area contributed by atoms with Crippen LogP contribution in [0.3, 0.4) is 0 Å². The van der Waals surface area contributed by atoms with E-state index in [-0.39, 0.29) is 29.5 Å². The van der Waals surface area contributed by atoms with Crippen LogP contribution in [0.15, 0.2) is 30.3 Å². The maximum absolute atomic E-state index is 11.9. The molecule has 0 aliphatic heterocycles. The van der Waals surface area contributed by atoms with Gasteiger partial charge in [0.05, 0.1) is 11.7 Å². The van der Waals surface area contributed by atoms with Crippen molar-refractivity contribution in [2.75, 3.05) is 13.2 Å². The van der Waals surface area contributed by atoms with Gasteiger partial charge in [-0.1, -0.05) is 44.2 Å². The smallest absolute Gasteiger partial charge is 0.0952 e. The van der Waals surface area contributed by atoms with Crippen molar-refractivity contribution in [1.82, 2.24) is 0 Å². The summed E-state index contributed by atoms with van der Waals surface area (Å²) in [6.07, 6.45) is 5.98. The molecule has 0 radical (unpaired) electrons. The van der Waals surface area contributed by atoms with Gasteiger partial charge in [-0.05, 0) is 86.1 Å². The second-order valence-corrected chi connectivity index (χ2v) is 10.6. The molecule has 0 amide bonds. The van der Waals surface area contributed by atoms with E-state index in [4.69, 9.17) is 5.73 Å². The number of fused-ring (bicyclic) bond motifs is 1. The molecule has 162 valence electrons. The summed E-state index contributed by atoms with van der Waals surface area (Å²) in [6.45, 7) is 5.38. The minimum Gasteiger partial charge on any atom is -0.396 e. The lowest BCUT2D eigenvalue weighted by molar-refractivity contribution is -0.144. The molecule has 29 heavy (non-hydrogen) atoms. The monoisotopic (exact) mass is 401 g/mol. The number of rotatable bonds is 4. The molecule has 0 saturated heterocycles. The summed E-state index contributed by atoms with van der Waals surface area (Å²) in [4.78, 5) is 0. The fourth-order valence-electron chi connectivity index (χ4n) is 7.81. The molecule has 3 fully saturated rings. The Balaban J connectivity index is 1.66. The van der Waals surface area contributed by atoms with Gasteiger partial charge in [-0.25, -0.2) is 0 Å². The first-order valence-corrected chi connectivity index (χ1v) is 11.6. The lowest BCUT2D eigenvalue weighted by Crippen LogP contribution is -2.55. The zero-order valence-corrected chi connectivity index (χ0v) is 18.1. The minimum absolute atomic E-state index is 0.00675. The van der Waals surface area contributed by atoms with Gasteiger partial charge in [-0.2, -0.15) is 0 Å². The zero-order chi connectivity index (χ0) is 20.9. The van der Waals surface area contributed by atoms with E-state index in [2.05, 4.69) is 26.0 Å². The maximum atomic E-state index is 11.9. The van der Waals surface area contributed by atoms with Crippen LogP contribution >= 0.6 is 0 Å². The first kappa shape index (κ1) is 21.3. The third kappa shape index (κ3) is 3.10. The lowest BCUT2D eigenvalue weighted by atomic mass is 9.48. The fourth-order valence-corrected chi connectivity index (χ4v) is 7.81. The molecular formula is C25H39NO3. The number of nitrogens with two attached hydrogens (primary N) is 1. The second kappa shape index (κ2) is 7.64. The van der Waals surface area contributed by atoms with E-state index >= 15 is 0 Å². The Morgan fingerprint density at radius 3 is 2.34 bits per heavy atom. The van der Waals surface area contributed by atoms with Gasteiger partial charge in [0.2, 0.25) is 0 Å². The number of hydrogen-bond donors (Lipinski definition) is 4. The molecule has 4 nitrogen and oxygen atoms in total.